The zero-order valence-corrected chi connectivity index (χ0v) is 12.0. The summed E-state index contributed by atoms with van der Waals surface area (Å²) in [5, 5.41) is 0.791. The average molecular weight is 297 g/mol. The number of benzene rings is 1. The Morgan fingerprint density at radius 2 is 2.14 bits per heavy atom. The van der Waals surface area contributed by atoms with E-state index in [1.807, 2.05) is 24.3 Å². The monoisotopic (exact) mass is 297 g/mol. The zero-order chi connectivity index (χ0) is 15.1. The molecule has 4 rings (SSSR count). The fourth-order valence-corrected chi connectivity index (χ4v) is 3.22. The summed E-state index contributed by atoms with van der Waals surface area (Å²) in [5.74, 6) is -0.899. The number of aromatic nitrogens is 1. The van der Waals surface area contributed by atoms with Crippen LogP contribution in [0.5, 0.6) is 0 Å². The Morgan fingerprint density at radius 3 is 2.95 bits per heavy atom. The lowest BCUT2D eigenvalue weighted by molar-refractivity contribution is -0.145. The molecular formula is C17H15NO4. The Balaban J connectivity index is 1.79. The molecule has 0 spiro atoms. The van der Waals surface area contributed by atoms with Gasteiger partial charge in [0.05, 0.1) is 17.7 Å². The van der Waals surface area contributed by atoms with E-state index in [0.717, 1.165) is 41.4 Å². The molecule has 112 valence electrons. The number of ether oxygens (including phenoxy) is 2. The molecule has 2 heterocycles. The number of cyclic esters (lactones) is 1. The summed E-state index contributed by atoms with van der Waals surface area (Å²) in [7, 11) is 0. The van der Waals surface area contributed by atoms with Crippen LogP contribution in [0.25, 0.3) is 10.9 Å². The number of rotatable bonds is 2. The third-order valence-electron chi connectivity index (χ3n) is 4.26. The number of aryl methyl sites for hydroxylation is 1. The predicted molar refractivity (Wildman–Crippen MR) is 78.5 cm³/mol. The van der Waals surface area contributed by atoms with Crippen LogP contribution in [-0.4, -0.2) is 29.6 Å². The lowest BCUT2D eigenvalue weighted by Gasteiger charge is -2.13. The first kappa shape index (κ1) is 13.2. The molecule has 0 bridgehead atoms. The van der Waals surface area contributed by atoms with E-state index in [0.29, 0.717) is 18.6 Å². The van der Waals surface area contributed by atoms with Gasteiger partial charge in [-0.15, -0.1) is 0 Å². The van der Waals surface area contributed by atoms with E-state index in [1.165, 1.54) is 0 Å². The second-order valence-corrected chi connectivity index (χ2v) is 5.63. The van der Waals surface area contributed by atoms with Crippen molar-refractivity contribution in [2.45, 2.75) is 31.8 Å². The summed E-state index contributed by atoms with van der Waals surface area (Å²) in [6.45, 7) is 0.311. The van der Waals surface area contributed by atoms with Crippen molar-refractivity contribution in [3.05, 3.63) is 41.1 Å². The number of hydrogen-bond donors (Lipinski definition) is 0. The number of carbonyl (C=O) groups excluding carboxylic acids is 2. The van der Waals surface area contributed by atoms with Crippen LogP contribution < -0.4 is 0 Å². The molecule has 1 aromatic heterocycles. The maximum Gasteiger partial charge on any atom is 0.347 e. The second kappa shape index (κ2) is 5.09. The lowest BCUT2D eigenvalue weighted by Crippen LogP contribution is -2.23. The molecule has 1 atom stereocenters. The van der Waals surface area contributed by atoms with Crippen molar-refractivity contribution >= 4 is 22.8 Å². The predicted octanol–water partition coefficient (Wildman–Crippen LogP) is 2.20. The number of nitrogens with zero attached hydrogens (tertiary/aromatic N) is 1. The highest BCUT2D eigenvalue weighted by Crippen LogP contribution is 2.31. The minimum atomic E-state index is -0.781. The van der Waals surface area contributed by atoms with Gasteiger partial charge in [0.25, 0.3) is 0 Å². The molecule has 5 heteroatoms. The lowest BCUT2D eigenvalue weighted by atomic mass is 10.0. The standard InChI is InChI=1S/C17H15NO4/c19-16-14(8-9-21-16)22-17(20)15-10-4-1-2-6-12(10)18-13-7-3-5-11(13)15/h1-2,4,6,14H,3,5,7-9H2. The van der Waals surface area contributed by atoms with Crippen molar-refractivity contribution in [1.29, 1.82) is 0 Å². The van der Waals surface area contributed by atoms with Crippen molar-refractivity contribution in [1.82, 2.24) is 4.98 Å². The normalized spacial score (nSPS) is 20.0. The van der Waals surface area contributed by atoms with E-state index in [-0.39, 0.29) is 0 Å². The van der Waals surface area contributed by atoms with Crippen molar-refractivity contribution in [3.8, 4) is 0 Å². The van der Waals surface area contributed by atoms with Crippen LogP contribution in [0.3, 0.4) is 0 Å². The van der Waals surface area contributed by atoms with E-state index >= 15 is 0 Å². The van der Waals surface area contributed by atoms with Gasteiger partial charge >= 0.3 is 11.9 Å². The van der Waals surface area contributed by atoms with Crippen LogP contribution in [0.4, 0.5) is 0 Å². The minimum absolute atomic E-state index is 0.311. The molecule has 1 aliphatic heterocycles. The maximum absolute atomic E-state index is 12.7. The van der Waals surface area contributed by atoms with Crippen LogP contribution >= 0.6 is 0 Å². The van der Waals surface area contributed by atoms with Crippen molar-refractivity contribution in [2.75, 3.05) is 6.61 Å². The SMILES string of the molecule is O=C(OC1CCOC1=O)c1c2c(nc3ccccc13)CCC2. The van der Waals surface area contributed by atoms with Gasteiger partial charge in [0.2, 0.25) is 6.10 Å². The molecule has 2 aromatic rings. The molecule has 1 unspecified atom stereocenters. The number of para-hydroxylation sites is 1. The van der Waals surface area contributed by atoms with Gasteiger partial charge in [-0.25, -0.2) is 9.59 Å². The van der Waals surface area contributed by atoms with Gasteiger partial charge in [-0.3, -0.25) is 4.98 Å². The highest BCUT2D eigenvalue weighted by atomic mass is 16.6. The quantitative estimate of drug-likeness (QED) is 0.795. The van der Waals surface area contributed by atoms with Crippen molar-refractivity contribution < 1.29 is 19.1 Å². The topological polar surface area (TPSA) is 65.5 Å². The summed E-state index contributed by atoms with van der Waals surface area (Å²) in [6, 6.07) is 7.56. The molecule has 5 nitrogen and oxygen atoms in total. The van der Waals surface area contributed by atoms with Crippen molar-refractivity contribution in [3.63, 3.8) is 0 Å². The van der Waals surface area contributed by atoms with Crippen LogP contribution in [0.15, 0.2) is 24.3 Å². The summed E-state index contributed by atoms with van der Waals surface area (Å²) >= 11 is 0. The van der Waals surface area contributed by atoms with Gasteiger partial charge in [-0.05, 0) is 30.9 Å². The molecule has 1 saturated heterocycles. The van der Waals surface area contributed by atoms with Crippen LogP contribution in [0, 0.1) is 0 Å². The molecule has 1 fully saturated rings. The van der Waals surface area contributed by atoms with E-state index < -0.39 is 18.0 Å². The third kappa shape index (κ3) is 2.04. The Hall–Kier alpha value is -2.43. The number of pyridine rings is 1. The molecule has 0 amide bonds. The summed E-state index contributed by atoms with van der Waals surface area (Å²) < 4.78 is 10.3. The van der Waals surface area contributed by atoms with Crippen LogP contribution in [0.2, 0.25) is 0 Å². The van der Waals surface area contributed by atoms with E-state index in [2.05, 4.69) is 4.98 Å². The van der Waals surface area contributed by atoms with E-state index in [4.69, 9.17) is 9.47 Å². The highest BCUT2D eigenvalue weighted by Gasteiger charge is 2.32. The van der Waals surface area contributed by atoms with E-state index in [9.17, 15) is 9.59 Å². The van der Waals surface area contributed by atoms with Crippen molar-refractivity contribution in [2.24, 2.45) is 0 Å². The van der Waals surface area contributed by atoms with Crippen LogP contribution in [-0.2, 0) is 27.1 Å². The van der Waals surface area contributed by atoms with Gasteiger partial charge < -0.3 is 9.47 Å². The average Bonchev–Trinajstić information content (AvgIpc) is 3.13. The number of hydrogen-bond acceptors (Lipinski definition) is 5. The number of carbonyl (C=O) groups is 2. The minimum Gasteiger partial charge on any atom is -0.463 e. The molecule has 1 aliphatic carbocycles. The highest BCUT2D eigenvalue weighted by molar-refractivity contribution is 6.05. The summed E-state index contributed by atoms with van der Waals surface area (Å²) in [4.78, 5) is 28.8. The fraction of sp³-hybridized carbons (Fsp3) is 0.353. The number of fused-ring (bicyclic) bond motifs is 2. The first-order chi connectivity index (χ1) is 10.7. The smallest absolute Gasteiger partial charge is 0.347 e. The first-order valence-corrected chi connectivity index (χ1v) is 7.52. The van der Waals surface area contributed by atoms with Gasteiger partial charge in [-0.2, -0.15) is 0 Å². The second-order valence-electron chi connectivity index (χ2n) is 5.63. The zero-order valence-electron chi connectivity index (χ0n) is 12.0. The Kier molecular flexibility index (Phi) is 3.06. The molecule has 2 aliphatic rings. The largest absolute Gasteiger partial charge is 0.463 e. The molecule has 0 N–H and O–H groups in total. The maximum atomic E-state index is 12.7. The summed E-state index contributed by atoms with van der Waals surface area (Å²) in [5.41, 5.74) is 3.30. The van der Waals surface area contributed by atoms with Gasteiger partial charge in [-0.1, -0.05) is 18.2 Å². The first-order valence-electron chi connectivity index (χ1n) is 7.52. The van der Waals surface area contributed by atoms with E-state index in [1.54, 1.807) is 0 Å². The molecule has 0 saturated carbocycles. The Labute approximate surface area is 127 Å². The molecule has 22 heavy (non-hydrogen) atoms. The molecule has 1 aromatic carbocycles. The summed E-state index contributed by atoms with van der Waals surface area (Å²) in [6.07, 6.45) is 2.34. The molecule has 0 radical (unpaired) electrons. The van der Waals surface area contributed by atoms with Gasteiger partial charge in [0.1, 0.15) is 0 Å². The van der Waals surface area contributed by atoms with Crippen LogP contribution in [0.1, 0.15) is 34.5 Å². The Morgan fingerprint density at radius 1 is 1.27 bits per heavy atom. The molecular weight excluding hydrogens is 282 g/mol. The number of esters is 2. The Bertz CT molecular complexity index is 784. The fourth-order valence-electron chi connectivity index (χ4n) is 3.22. The van der Waals surface area contributed by atoms with Gasteiger partial charge in [0.15, 0.2) is 0 Å². The third-order valence-corrected chi connectivity index (χ3v) is 4.26. The van der Waals surface area contributed by atoms with Gasteiger partial charge in [0, 0.05) is 17.5 Å².